The van der Waals surface area contributed by atoms with Crippen molar-refractivity contribution >= 4 is 16.9 Å². The zero-order valence-electron chi connectivity index (χ0n) is 16.9. The minimum atomic E-state index is -0.462. The van der Waals surface area contributed by atoms with Gasteiger partial charge in [-0.3, -0.25) is 9.59 Å². The van der Waals surface area contributed by atoms with E-state index in [0.717, 1.165) is 12.8 Å². The fourth-order valence-corrected chi connectivity index (χ4v) is 3.31. The summed E-state index contributed by atoms with van der Waals surface area (Å²) in [6.07, 6.45) is 7.22. The van der Waals surface area contributed by atoms with Gasteiger partial charge in [-0.05, 0) is 43.2 Å². The number of aryl methyl sites for hydroxylation is 1. The Labute approximate surface area is 177 Å². The van der Waals surface area contributed by atoms with Gasteiger partial charge in [-0.1, -0.05) is 6.07 Å². The molecule has 0 saturated heterocycles. The van der Waals surface area contributed by atoms with Gasteiger partial charge >= 0.3 is 0 Å². The minimum absolute atomic E-state index is 0.121. The average Bonchev–Trinajstić information content (AvgIpc) is 3.58. The van der Waals surface area contributed by atoms with Gasteiger partial charge in [0.1, 0.15) is 12.8 Å². The molecule has 3 heterocycles. The van der Waals surface area contributed by atoms with E-state index in [4.69, 9.17) is 4.74 Å². The summed E-state index contributed by atoms with van der Waals surface area (Å²) in [6.45, 7) is 0. The van der Waals surface area contributed by atoms with Crippen LogP contribution in [0.2, 0.25) is 0 Å². The summed E-state index contributed by atoms with van der Waals surface area (Å²) in [5.41, 5.74) is 0.427. The Balaban J connectivity index is 1.60. The predicted molar refractivity (Wildman–Crippen MR) is 113 cm³/mol. The van der Waals surface area contributed by atoms with E-state index in [1.807, 2.05) is 54.3 Å². The highest BCUT2D eigenvalue weighted by molar-refractivity contribution is 5.95. The average molecular weight is 414 g/mol. The van der Waals surface area contributed by atoms with Crippen LogP contribution >= 0.6 is 0 Å². The normalized spacial score (nSPS) is 13.2. The number of aromatic nitrogens is 4. The number of benzene rings is 1. The van der Waals surface area contributed by atoms with Crippen molar-refractivity contribution in [3.8, 4) is 17.2 Å². The highest BCUT2D eigenvalue weighted by Gasteiger charge is 2.27. The molecule has 31 heavy (non-hydrogen) atoms. The van der Waals surface area contributed by atoms with Crippen LogP contribution in [0.5, 0.6) is 11.5 Å². The van der Waals surface area contributed by atoms with E-state index in [1.165, 1.54) is 4.68 Å². The van der Waals surface area contributed by atoms with Crippen molar-refractivity contribution in [2.75, 3.05) is 0 Å². The molecule has 0 atom stereocenters. The number of rotatable bonds is 5. The van der Waals surface area contributed by atoms with Crippen LogP contribution in [-0.2, 0) is 7.05 Å². The maximum absolute atomic E-state index is 12.9. The van der Waals surface area contributed by atoms with E-state index in [-0.39, 0.29) is 11.7 Å². The molecule has 3 aromatic heterocycles. The van der Waals surface area contributed by atoms with Crippen LogP contribution in [0, 0.1) is 0 Å². The number of fused-ring (bicyclic) bond motifs is 1. The first-order valence-corrected chi connectivity index (χ1v) is 10.0. The van der Waals surface area contributed by atoms with Crippen LogP contribution in [-0.4, -0.2) is 26.7 Å². The van der Waals surface area contributed by atoms with E-state index in [9.17, 15) is 9.59 Å². The fourth-order valence-electron chi connectivity index (χ4n) is 3.31. The number of nitrogens with one attached hydrogen (secondary N) is 1. The summed E-state index contributed by atoms with van der Waals surface area (Å²) in [7, 11) is 1.92. The number of pyridine rings is 2. The number of nitrogens with zero attached hydrogens (tertiary/aromatic N) is 4. The molecule has 1 amide bonds. The molecular weight excluding hydrogens is 394 g/mol. The lowest BCUT2D eigenvalue weighted by Gasteiger charge is -2.12. The quantitative estimate of drug-likeness (QED) is 0.506. The standard InChI is InChI=1S/C23H19N5O3/c1-27-12-4-7-18(14-27)31-17-6-2-5-16(13-17)28-22-19(8-3-11-24-22)21(29)20(26-28)23(30)25-15-9-10-15/h2-8,11-15H,9-10H2,1H3/p+1. The smallest absolute Gasteiger partial charge is 0.276 e. The topological polar surface area (TPSA) is 90.0 Å². The lowest BCUT2D eigenvalue weighted by atomic mass is 10.2. The van der Waals surface area contributed by atoms with Crippen molar-refractivity contribution in [1.82, 2.24) is 20.1 Å². The lowest BCUT2D eigenvalue weighted by molar-refractivity contribution is -0.671. The first-order valence-electron chi connectivity index (χ1n) is 10.0. The summed E-state index contributed by atoms with van der Waals surface area (Å²) in [4.78, 5) is 29.9. The molecule has 1 fully saturated rings. The molecule has 1 aliphatic rings. The van der Waals surface area contributed by atoms with Crippen molar-refractivity contribution in [3.05, 3.63) is 83.0 Å². The Bertz CT molecular complexity index is 1360. The minimum Gasteiger partial charge on any atom is -0.451 e. The number of carbonyl (C=O) groups is 1. The summed E-state index contributed by atoms with van der Waals surface area (Å²) < 4.78 is 9.38. The molecule has 8 nitrogen and oxygen atoms in total. The van der Waals surface area contributed by atoms with Gasteiger partial charge in [0.05, 0.1) is 11.1 Å². The molecule has 0 spiro atoms. The van der Waals surface area contributed by atoms with Gasteiger partial charge in [0.15, 0.2) is 23.3 Å². The summed E-state index contributed by atoms with van der Waals surface area (Å²) in [6, 6.07) is 14.5. The fraction of sp³-hybridized carbons (Fsp3) is 0.174. The molecule has 1 saturated carbocycles. The SMILES string of the molecule is C[n+]1cccc(Oc2cccc(-n3nc(C(=O)NC4CC4)c(=O)c4cccnc43)c2)c1. The van der Waals surface area contributed by atoms with E-state index in [1.54, 1.807) is 24.4 Å². The molecule has 1 aliphatic carbocycles. The Morgan fingerprint density at radius 3 is 2.81 bits per heavy atom. The van der Waals surface area contributed by atoms with Gasteiger partial charge in [0, 0.05) is 24.4 Å². The zero-order chi connectivity index (χ0) is 21.4. The Morgan fingerprint density at radius 1 is 1.16 bits per heavy atom. The number of hydrogen-bond donors (Lipinski definition) is 1. The van der Waals surface area contributed by atoms with Gasteiger partial charge in [0.2, 0.25) is 11.6 Å². The lowest BCUT2D eigenvalue weighted by Crippen LogP contribution is -2.33. The molecule has 0 aliphatic heterocycles. The maximum Gasteiger partial charge on any atom is 0.276 e. The van der Waals surface area contributed by atoms with Crippen LogP contribution in [0.15, 0.2) is 71.9 Å². The molecule has 1 N–H and O–H groups in total. The third-order valence-corrected chi connectivity index (χ3v) is 4.99. The Kier molecular flexibility index (Phi) is 4.66. The first-order chi connectivity index (χ1) is 15.1. The second-order valence-corrected chi connectivity index (χ2v) is 7.52. The molecule has 1 aromatic carbocycles. The third kappa shape index (κ3) is 3.87. The van der Waals surface area contributed by atoms with Gasteiger partial charge in [0.25, 0.3) is 5.91 Å². The monoisotopic (exact) mass is 414 g/mol. The summed E-state index contributed by atoms with van der Waals surface area (Å²) in [5.74, 6) is 0.816. The van der Waals surface area contributed by atoms with Crippen LogP contribution in [0.25, 0.3) is 16.7 Å². The van der Waals surface area contributed by atoms with E-state index >= 15 is 0 Å². The van der Waals surface area contributed by atoms with Gasteiger partial charge in [-0.15, -0.1) is 0 Å². The van der Waals surface area contributed by atoms with Crippen LogP contribution < -0.4 is 20.0 Å². The van der Waals surface area contributed by atoms with Gasteiger partial charge < -0.3 is 10.1 Å². The molecule has 4 aromatic rings. The van der Waals surface area contributed by atoms with Crippen molar-refractivity contribution in [2.24, 2.45) is 7.05 Å². The van der Waals surface area contributed by atoms with E-state index in [0.29, 0.717) is 28.2 Å². The number of amides is 1. The van der Waals surface area contributed by atoms with Crippen molar-refractivity contribution in [3.63, 3.8) is 0 Å². The van der Waals surface area contributed by atoms with Crippen LogP contribution in [0.1, 0.15) is 23.3 Å². The highest BCUT2D eigenvalue weighted by atomic mass is 16.5. The van der Waals surface area contributed by atoms with E-state index in [2.05, 4.69) is 15.4 Å². The zero-order valence-corrected chi connectivity index (χ0v) is 16.9. The third-order valence-electron chi connectivity index (χ3n) is 4.99. The molecule has 5 rings (SSSR count). The summed E-state index contributed by atoms with van der Waals surface area (Å²) >= 11 is 0. The molecule has 154 valence electrons. The second kappa shape index (κ2) is 7.64. The highest BCUT2D eigenvalue weighted by Crippen LogP contribution is 2.24. The number of ether oxygens (including phenoxy) is 1. The largest absolute Gasteiger partial charge is 0.451 e. The molecular formula is C23H20N5O3+. The van der Waals surface area contributed by atoms with Gasteiger partial charge in [-0.2, -0.15) is 5.10 Å². The second-order valence-electron chi connectivity index (χ2n) is 7.52. The number of hydrogen-bond acceptors (Lipinski definition) is 5. The molecule has 8 heteroatoms. The first kappa shape index (κ1) is 18.9. The summed E-state index contributed by atoms with van der Waals surface area (Å²) in [5, 5.41) is 7.56. The van der Waals surface area contributed by atoms with Crippen LogP contribution in [0.3, 0.4) is 0 Å². The van der Waals surface area contributed by atoms with Crippen molar-refractivity contribution in [1.29, 1.82) is 0 Å². The number of carbonyl (C=O) groups excluding carboxylic acids is 1. The van der Waals surface area contributed by atoms with Crippen molar-refractivity contribution in [2.45, 2.75) is 18.9 Å². The van der Waals surface area contributed by atoms with E-state index < -0.39 is 11.3 Å². The molecule has 0 bridgehead atoms. The van der Waals surface area contributed by atoms with Gasteiger partial charge in [-0.25, -0.2) is 14.2 Å². The predicted octanol–water partition coefficient (Wildman–Crippen LogP) is 2.29. The maximum atomic E-state index is 12.9. The molecule has 0 unspecified atom stereocenters. The van der Waals surface area contributed by atoms with Crippen molar-refractivity contribution < 1.29 is 14.1 Å². The van der Waals surface area contributed by atoms with Crippen LogP contribution in [0.4, 0.5) is 0 Å². The Morgan fingerprint density at radius 2 is 2.00 bits per heavy atom. The molecule has 0 radical (unpaired) electrons. The Hall–Kier alpha value is -4.07.